The lowest BCUT2D eigenvalue weighted by molar-refractivity contribution is -0.122. The number of anilines is 2. The Labute approximate surface area is 180 Å². The Morgan fingerprint density at radius 2 is 1.71 bits per heavy atom. The topological polar surface area (TPSA) is 99.2 Å². The van der Waals surface area contributed by atoms with E-state index in [1.807, 2.05) is 20.8 Å². The van der Waals surface area contributed by atoms with Crippen molar-refractivity contribution in [1.82, 2.24) is 5.32 Å². The molecule has 0 bridgehead atoms. The SMILES string of the molecule is CCOc1ccc(N2C(=O)NC(=O)/C(=C\c3ccc(N(CC)CC)cc3O)C2=O)cc1. The standard InChI is InChI=1S/C23H25N3O5/c1-4-25(5-2)17-8-7-15(20(27)14-17)13-19-21(28)24-23(30)26(22(19)29)16-9-11-18(12-10-16)31-6-3/h7-14,27H,4-6H2,1-3H3,(H,24,28,30)/b19-13+. The third kappa shape index (κ3) is 4.53. The average Bonchev–Trinajstić information content (AvgIpc) is 2.74. The average molecular weight is 423 g/mol. The number of amides is 4. The number of phenolic OH excluding ortho intramolecular Hbond substituents is 1. The first-order valence-electron chi connectivity index (χ1n) is 10.1. The van der Waals surface area contributed by atoms with Crippen molar-refractivity contribution < 1.29 is 24.2 Å². The van der Waals surface area contributed by atoms with Gasteiger partial charge in [0, 0.05) is 30.4 Å². The molecular formula is C23H25N3O5. The Hall–Kier alpha value is -3.81. The zero-order chi connectivity index (χ0) is 22.5. The Morgan fingerprint density at radius 1 is 1.03 bits per heavy atom. The Balaban J connectivity index is 1.93. The molecule has 0 spiro atoms. The van der Waals surface area contributed by atoms with E-state index in [0.717, 1.165) is 23.7 Å². The van der Waals surface area contributed by atoms with E-state index in [9.17, 15) is 19.5 Å². The number of carbonyl (C=O) groups excluding carboxylic acids is 3. The number of carbonyl (C=O) groups is 3. The number of hydrogen-bond donors (Lipinski definition) is 2. The van der Waals surface area contributed by atoms with Crippen molar-refractivity contribution >= 4 is 35.3 Å². The van der Waals surface area contributed by atoms with E-state index >= 15 is 0 Å². The van der Waals surface area contributed by atoms with Crippen LogP contribution in [0.25, 0.3) is 6.08 Å². The van der Waals surface area contributed by atoms with Crippen LogP contribution in [-0.4, -0.2) is 42.6 Å². The monoisotopic (exact) mass is 423 g/mol. The predicted molar refractivity (Wildman–Crippen MR) is 118 cm³/mol. The van der Waals surface area contributed by atoms with Gasteiger partial charge in [0.1, 0.15) is 17.1 Å². The summed E-state index contributed by atoms with van der Waals surface area (Å²) in [5.41, 5.74) is 1.18. The van der Waals surface area contributed by atoms with Crippen molar-refractivity contribution in [1.29, 1.82) is 0 Å². The summed E-state index contributed by atoms with van der Waals surface area (Å²) in [6, 6.07) is 10.6. The van der Waals surface area contributed by atoms with Crippen LogP contribution in [0.2, 0.25) is 0 Å². The first-order valence-corrected chi connectivity index (χ1v) is 10.1. The van der Waals surface area contributed by atoms with Gasteiger partial charge in [0.25, 0.3) is 11.8 Å². The molecule has 1 saturated heterocycles. The number of urea groups is 1. The third-order valence-corrected chi connectivity index (χ3v) is 4.95. The van der Waals surface area contributed by atoms with Gasteiger partial charge < -0.3 is 14.7 Å². The van der Waals surface area contributed by atoms with Crippen LogP contribution in [0.4, 0.5) is 16.2 Å². The number of hydrogen-bond acceptors (Lipinski definition) is 6. The molecule has 1 fully saturated rings. The van der Waals surface area contributed by atoms with Crippen molar-refractivity contribution in [2.45, 2.75) is 20.8 Å². The summed E-state index contributed by atoms with van der Waals surface area (Å²) in [6.07, 6.45) is 1.28. The lowest BCUT2D eigenvalue weighted by Gasteiger charge is -2.26. The number of rotatable bonds is 7. The maximum Gasteiger partial charge on any atom is 0.335 e. The molecule has 0 atom stereocenters. The zero-order valence-electron chi connectivity index (χ0n) is 17.7. The van der Waals surface area contributed by atoms with Gasteiger partial charge in [-0.3, -0.25) is 14.9 Å². The molecule has 2 aromatic carbocycles. The molecule has 0 unspecified atom stereocenters. The summed E-state index contributed by atoms with van der Waals surface area (Å²) >= 11 is 0. The molecule has 1 heterocycles. The van der Waals surface area contributed by atoms with Crippen LogP contribution in [-0.2, 0) is 9.59 Å². The third-order valence-electron chi connectivity index (χ3n) is 4.95. The minimum absolute atomic E-state index is 0.0676. The highest BCUT2D eigenvalue weighted by molar-refractivity contribution is 6.39. The number of ether oxygens (including phenoxy) is 1. The number of imide groups is 2. The molecule has 0 saturated carbocycles. The van der Waals surface area contributed by atoms with Crippen molar-refractivity contribution in [2.24, 2.45) is 0 Å². The maximum atomic E-state index is 13.0. The van der Waals surface area contributed by atoms with Crippen LogP contribution < -0.4 is 19.9 Å². The van der Waals surface area contributed by atoms with Crippen LogP contribution in [0.15, 0.2) is 48.0 Å². The second kappa shape index (κ2) is 9.34. The smallest absolute Gasteiger partial charge is 0.335 e. The van der Waals surface area contributed by atoms with E-state index in [-0.39, 0.29) is 11.3 Å². The summed E-state index contributed by atoms with van der Waals surface area (Å²) in [5, 5.41) is 12.6. The highest BCUT2D eigenvalue weighted by Gasteiger charge is 2.37. The molecule has 4 amide bonds. The van der Waals surface area contributed by atoms with Crippen molar-refractivity contribution in [3.63, 3.8) is 0 Å². The predicted octanol–water partition coefficient (Wildman–Crippen LogP) is 3.30. The molecule has 8 heteroatoms. The number of phenols is 1. The number of benzene rings is 2. The Morgan fingerprint density at radius 3 is 2.29 bits per heavy atom. The number of nitrogens with one attached hydrogen (secondary N) is 1. The van der Waals surface area contributed by atoms with E-state index in [4.69, 9.17) is 4.74 Å². The molecule has 2 N–H and O–H groups in total. The van der Waals surface area contributed by atoms with Crippen molar-refractivity contribution in [2.75, 3.05) is 29.5 Å². The van der Waals surface area contributed by atoms with Crippen LogP contribution in [0.3, 0.4) is 0 Å². The number of aromatic hydroxyl groups is 1. The van der Waals surface area contributed by atoms with Gasteiger partial charge in [-0.25, -0.2) is 9.69 Å². The zero-order valence-corrected chi connectivity index (χ0v) is 17.7. The Kier molecular flexibility index (Phi) is 6.59. The molecule has 1 aliphatic heterocycles. The fraction of sp³-hybridized carbons (Fsp3) is 0.261. The second-order valence-electron chi connectivity index (χ2n) is 6.80. The highest BCUT2D eigenvalue weighted by atomic mass is 16.5. The van der Waals surface area contributed by atoms with E-state index in [2.05, 4.69) is 10.2 Å². The van der Waals surface area contributed by atoms with Gasteiger partial charge in [-0.1, -0.05) is 0 Å². The summed E-state index contributed by atoms with van der Waals surface area (Å²) in [7, 11) is 0. The molecule has 0 aliphatic carbocycles. The van der Waals surface area contributed by atoms with Gasteiger partial charge in [-0.05, 0) is 63.2 Å². The van der Waals surface area contributed by atoms with E-state index in [0.29, 0.717) is 23.6 Å². The minimum Gasteiger partial charge on any atom is -0.507 e. The number of barbiturate groups is 1. The van der Waals surface area contributed by atoms with Gasteiger partial charge in [-0.15, -0.1) is 0 Å². The van der Waals surface area contributed by atoms with Crippen LogP contribution in [0.5, 0.6) is 11.5 Å². The van der Waals surface area contributed by atoms with Gasteiger partial charge in [-0.2, -0.15) is 0 Å². The molecule has 0 aromatic heterocycles. The molecule has 3 rings (SSSR count). The van der Waals surface area contributed by atoms with Gasteiger partial charge >= 0.3 is 6.03 Å². The maximum absolute atomic E-state index is 13.0. The molecule has 1 aliphatic rings. The fourth-order valence-corrected chi connectivity index (χ4v) is 3.35. The van der Waals surface area contributed by atoms with E-state index in [1.54, 1.807) is 42.5 Å². The van der Waals surface area contributed by atoms with Crippen LogP contribution in [0.1, 0.15) is 26.3 Å². The van der Waals surface area contributed by atoms with Gasteiger partial charge in [0.2, 0.25) is 0 Å². The first-order chi connectivity index (χ1) is 14.9. The molecule has 162 valence electrons. The van der Waals surface area contributed by atoms with Crippen molar-refractivity contribution in [3.8, 4) is 11.5 Å². The van der Waals surface area contributed by atoms with Crippen LogP contribution in [0, 0.1) is 0 Å². The molecule has 2 aromatic rings. The molecule has 31 heavy (non-hydrogen) atoms. The molecule has 8 nitrogen and oxygen atoms in total. The lowest BCUT2D eigenvalue weighted by atomic mass is 10.1. The minimum atomic E-state index is -0.836. The summed E-state index contributed by atoms with van der Waals surface area (Å²) in [6.45, 7) is 7.90. The lowest BCUT2D eigenvalue weighted by Crippen LogP contribution is -2.54. The van der Waals surface area contributed by atoms with Crippen LogP contribution >= 0.6 is 0 Å². The summed E-state index contributed by atoms with van der Waals surface area (Å²) < 4.78 is 5.37. The van der Waals surface area contributed by atoms with E-state index in [1.165, 1.54) is 6.08 Å². The first kappa shape index (κ1) is 21.9. The van der Waals surface area contributed by atoms with E-state index < -0.39 is 17.8 Å². The van der Waals surface area contributed by atoms with Crippen molar-refractivity contribution in [3.05, 3.63) is 53.6 Å². The molecular weight excluding hydrogens is 398 g/mol. The fourth-order valence-electron chi connectivity index (χ4n) is 3.35. The van der Waals surface area contributed by atoms with Gasteiger partial charge in [0.05, 0.1) is 12.3 Å². The second-order valence-corrected chi connectivity index (χ2v) is 6.80. The quantitative estimate of drug-likeness (QED) is 0.524. The van der Waals surface area contributed by atoms with Gasteiger partial charge in [0.15, 0.2) is 0 Å². The Bertz CT molecular complexity index is 1030. The largest absolute Gasteiger partial charge is 0.507 e. The molecule has 0 radical (unpaired) electrons. The number of nitrogens with zero attached hydrogens (tertiary/aromatic N) is 2. The highest BCUT2D eigenvalue weighted by Crippen LogP contribution is 2.29. The normalized spacial score (nSPS) is 15.3. The summed E-state index contributed by atoms with van der Waals surface area (Å²) in [5.74, 6) is -1.06. The summed E-state index contributed by atoms with van der Waals surface area (Å²) in [4.78, 5) is 40.6.